The standard InChI is InChI=1S/C21H30N2O4/c1-2-9-21(20(26)27)10-13-23(15-18(21)24)19(25)17-7-5-16(6-8-17)14-22-11-3-4-12-22/h5-8,18,24H,2-4,9-15H2,1H3,(H,26,27)/t18-,21-/m0/s1. The van der Waals surface area contributed by atoms with Crippen LogP contribution in [0.2, 0.25) is 0 Å². The summed E-state index contributed by atoms with van der Waals surface area (Å²) in [7, 11) is 0. The number of carbonyl (C=O) groups is 2. The Kier molecular flexibility index (Phi) is 6.17. The summed E-state index contributed by atoms with van der Waals surface area (Å²) in [4.78, 5) is 28.5. The van der Waals surface area contributed by atoms with Crippen LogP contribution in [0.4, 0.5) is 0 Å². The van der Waals surface area contributed by atoms with E-state index in [0.717, 1.165) is 19.6 Å². The summed E-state index contributed by atoms with van der Waals surface area (Å²) in [6, 6.07) is 7.66. The molecule has 6 nitrogen and oxygen atoms in total. The van der Waals surface area contributed by atoms with Gasteiger partial charge in [0.15, 0.2) is 0 Å². The van der Waals surface area contributed by atoms with Crippen molar-refractivity contribution >= 4 is 11.9 Å². The number of carboxylic acids is 1. The van der Waals surface area contributed by atoms with Crippen LogP contribution in [0.5, 0.6) is 0 Å². The Hall–Kier alpha value is -1.92. The molecule has 1 aromatic rings. The Bertz CT molecular complexity index is 669. The molecule has 0 radical (unpaired) electrons. The number of β-amino-alcohol motifs (C(OH)–C–C–N with tert-alkyl or cyclic N) is 1. The number of aliphatic hydroxyl groups is 1. The second-order valence-corrected chi connectivity index (χ2v) is 7.91. The van der Waals surface area contributed by atoms with Gasteiger partial charge in [-0.1, -0.05) is 25.5 Å². The molecular formula is C21H30N2O4. The number of piperidine rings is 1. The Morgan fingerprint density at radius 1 is 1.15 bits per heavy atom. The first-order chi connectivity index (χ1) is 13.0. The molecule has 2 N–H and O–H groups in total. The molecule has 0 spiro atoms. The molecule has 3 rings (SSSR count). The number of carbonyl (C=O) groups excluding carboxylic acids is 1. The van der Waals surface area contributed by atoms with Gasteiger partial charge in [-0.25, -0.2) is 0 Å². The molecular weight excluding hydrogens is 344 g/mol. The summed E-state index contributed by atoms with van der Waals surface area (Å²) < 4.78 is 0. The van der Waals surface area contributed by atoms with E-state index in [-0.39, 0.29) is 18.9 Å². The third kappa shape index (κ3) is 4.17. The van der Waals surface area contributed by atoms with Crippen molar-refractivity contribution in [1.29, 1.82) is 0 Å². The van der Waals surface area contributed by atoms with E-state index in [1.165, 1.54) is 18.4 Å². The van der Waals surface area contributed by atoms with Crippen LogP contribution in [0.3, 0.4) is 0 Å². The predicted octanol–water partition coefficient (Wildman–Crippen LogP) is 2.36. The van der Waals surface area contributed by atoms with Crippen LogP contribution < -0.4 is 0 Å². The Balaban J connectivity index is 1.63. The second kappa shape index (κ2) is 8.40. The third-order valence-electron chi connectivity index (χ3n) is 6.07. The molecule has 2 aliphatic heterocycles. The number of hydrogen-bond acceptors (Lipinski definition) is 4. The normalized spacial score (nSPS) is 26.3. The fraction of sp³-hybridized carbons (Fsp3) is 0.619. The van der Waals surface area contributed by atoms with Gasteiger partial charge in [0.1, 0.15) is 0 Å². The van der Waals surface area contributed by atoms with Crippen LogP contribution in [-0.2, 0) is 11.3 Å². The number of likely N-dealkylation sites (tertiary alicyclic amines) is 2. The van der Waals surface area contributed by atoms with E-state index in [9.17, 15) is 19.8 Å². The largest absolute Gasteiger partial charge is 0.481 e. The highest BCUT2D eigenvalue weighted by molar-refractivity contribution is 5.94. The van der Waals surface area contributed by atoms with Crippen LogP contribution in [0.15, 0.2) is 24.3 Å². The van der Waals surface area contributed by atoms with Gasteiger partial charge in [0, 0.05) is 25.2 Å². The first-order valence-corrected chi connectivity index (χ1v) is 9.98. The molecule has 0 saturated carbocycles. The lowest BCUT2D eigenvalue weighted by molar-refractivity contribution is -0.162. The SMILES string of the molecule is CCC[C@]1(C(=O)O)CCN(C(=O)c2ccc(CN3CCCC3)cc2)C[C@@H]1O. The molecule has 148 valence electrons. The maximum Gasteiger partial charge on any atom is 0.312 e. The zero-order valence-electron chi connectivity index (χ0n) is 16.1. The van der Waals surface area contributed by atoms with E-state index in [0.29, 0.717) is 24.9 Å². The van der Waals surface area contributed by atoms with E-state index >= 15 is 0 Å². The van der Waals surface area contributed by atoms with E-state index in [4.69, 9.17) is 0 Å². The van der Waals surface area contributed by atoms with Crippen LogP contribution in [0.25, 0.3) is 0 Å². The lowest BCUT2D eigenvalue weighted by Crippen LogP contribution is -2.56. The highest BCUT2D eigenvalue weighted by atomic mass is 16.4. The molecule has 1 aromatic carbocycles. The summed E-state index contributed by atoms with van der Waals surface area (Å²) >= 11 is 0. The summed E-state index contributed by atoms with van der Waals surface area (Å²) in [5.74, 6) is -1.10. The fourth-order valence-electron chi connectivity index (χ4n) is 4.39. The van der Waals surface area contributed by atoms with Crippen molar-refractivity contribution in [1.82, 2.24) is 9.80 Å². The van der Waals surface area contributed by atoms with Gasteiger partial charge < -0.3 is 15.1 Å². The highest BCUT2D eigenvalue weighted by Crippen LogP contribution is 2.37. The highest BCUT2D eigenvalue weighted by Gasteiger charge is 2.48. The van der Waals surface area contributed by atoms with Crippen molar-refractivity contribution in [2.45, 2.75) is 51.7 Å². The molecule has 0 bridgehead atoms. The average molecular weight is 374 g/mol. The number of carboxylic acid groups (broad SMARTS) is 1. The predicted molar refractivity (Wildman–Crippen MR) is 102 cm³/mol. The van der Waals surface area contributed by atoms with Crippen molar-refractivity contribution in [2.75, 3.05) is 26.2 Å². The van der Waals surface area contributed by atoms with Crippen LogP contribution in [0.1, 0.15) is 54.9 Å². The Morgan fingerprint density at radius 3 is 2.37 bits per heavy atom. The van der Waals surface area contributed by atoms with Gasteiger partial charge in [-0.15, -0.1) is 0 Å². The first kappa shape index (κ1) is 19.8. The van der Waals surface area contributed by atoms with E-state index in [1.54, 1.807) is 4.90 Å². The summed E-state index contributed by atoms with van der Waals surface area (Å²) in [5.41, 5.74) is 0.649. The molecule has 27 heavy (non-hydrogen) atoms. The molecule has 2 atom stereocenters. The molecule has 2 fully saturated rings. The lowest BCUT2D eigenvalue weighted by atomic mass is 9.72. The molecule has 0 aliphatic carbocycles. The van der Waals surface area contributed by atoms with Crippen molar-refractivity contribution in [3.05, 3.63) is 35.4 Å². The minimum absolute atomic E-state index is 0.0701. The van der Waals surface area contributed by atoms with Gasteiger partial charge in [0.25, 0.3) is 5.91 Å². The van der Waals surface area contributed by atoms with Gasteiger partial charge in [-0.3, -0.25) is 14.5 Å². The Morgan fingerprint density at radius 2 is 1.81 bits per heavy atom. The number of amides is 1. The van der Waals surface area contributed by atoms with Gasteiger partial charge >= 0.3 is 5.97 Å². The van der Waals surface area contributed by atoms with E-state index in [1.807, 2.05) is 31.2 Å². The van der Waals surface area contributed by atoms with Crippen LogP contribution in [0, 0.1) is 5.41 Å². The summed E-state index contributed by atoms with van der Waals surface area (Å²) in [5, 5.41) is 20.1. The fourth-order valence-corrected chi connectivity index (χ4v) is 4.39. The van der Waals surface area contributed by atoms with Crippen molar-refractivity contribution in [3.63, 3.8) is 0 Å². The average Bonchev–Trinajstić information content (AvgIpc) is 3.16. The van der Waals surface area contributed by atoms with E-state index in [2.05, 4.69) is 4.90 Å². The van der Waals surface area contributed by atoms with Gasteiger partial charge in [-0.05, 0) is 56.5 Å². The molecule has 2 heterocycles. The molecule has 1 amide bonds. The van der Waals surface area contributed by atoms with Crippen molar-refractivity contribution < 1.29 is 19.8 Å². The molecule has 0 unspecified atom stereocenters. The first-order valence-electron chi connectivity index (χ1n) is 9.98. The topological polar surface area (TPSA) is 81.1 Å². The van der Waals surface area contributed by atoms with Crippen LogP contribution >= 0.6 is 0 Å². The summed E-state index contributed by atoms with van der Waals surface area (Å²) in [6.45, 7) is 5.52. The van der Waals surface area contributed by atoms with E-state index < -0.39 is 17.5 Å². The second-order valence-electron chi connectivity index (χ2n) is 7.91. The lowest BCUT2D eigenvalue weighted by Gasteiger charge is -2.42. The number of aliphatic carboxylic acids is 1. The smallest absolute Gasteiger partial charge is 0.312 e. The number of nitrogens with zero attached hydrogens (tertiary/aromatic N) is 2. The number of rotatable bonds is 6. The third-order valence-corrected chi connectivity index (χ3v) is 6.07. The minimum atomic E-state index is -1.13. The van der Waals surface area contributed by atoms with Crippen molar-refractivity contribution in [2.24, 2.45) is 5.41 Å². The van der Waals surface area contributed by atoms with Gasteiger partial charge in [-0.2, -0.15) is 0 Å². The van der Waals surface area contributed by atoms with Crippen LogP contribution in [-0.4, -0.2) is 64.2 Å². The molecule has 2 aliphatic rings. The quantitative estimate of drug-likeness (QED) is 0.799. The number of hydrogen-bond donors (Lipinski definition) is 2. The molecule has 6 heteroatoms. The van der Waals surface area contributed by atoms with Crippen molar-refractivity contribution in [3.8, 4) is 0 Å². The maximum absolute atomic E-state index is 12.8. The molecule has 2 saturated heterocycles. The van der Waals surface area contributed by atoms with Gasteiger partial charge in [0.2, 0.25) is 0 Å². The maximum atomic E-state index is 12.8. The zero-order chi connectivity index (χ0) is 19.4. The monoisotopic (exact) mass is 374 g/mol. The number of benzene rings is 1. The number of aliphatic hydroxyl groups excluding tert-OH is 1. The van der Waals surface area contributed by atoms with Gasteiger partial charge in [0.05, 0.1) is 11.5 Å². The Labute approximate surface area is 160 Å². The zero-order valence-corrected chi connectivity index (χ0v) is 16.1. The summed E-state index contributed by atoms with van der Waals surface area (Å²) in [6.07, 6.45) is 2.87. The molecule has 0 aromatic heterocycles. The minimum Gasteiger partial charge on any atom is -0.481 e.